The second-order valence-corrected chi connectivity index (χ2v) is 16.6. The predicted octanol–water partition coefficient (Wildman–Crippen LogP) is 15.8. The van der Waals surface area contributed by atoms with E-state index in [0.29, 0.717) is 17.5 Å². The monoisotopic (exact) mass is 809 g/mol. The minimum absolute atomic E-state index is 0.599. The second-order valence-electron chi connectivity index (χ2n) is 15.5. The minimum atomic E-state index is 0.599. The van der Waals surface area contributed by atoms with Crippen LogP contribution in [0.1, 0.15) is 0 Å². The standard InChI is InChI=1S/C57H35N3OS/c1-3-12-36(13-4-1)38-22-26-40(27-23-38)55-58-56(41-28-24-39(25-29-41)37-14-5-2-6-15-37)60-57(59-55)46-32-30-42(44-18-11-21-53-54(44)47-17-8-10-20-52(47)62-53)34-48(46)43-31-33-51-49(35-43)45-16-7-9-19-50(45)61-51/h1-35H. The number of para-hydroxylation sites is 1. The number of benzene rings is 9. The number of aromatic nitrogens is 3. The van der Waals surface area contributed by atoms with Gasteiger partial charge in [0.25, 0.3) is 0 Å². The Morgan fingerprint density at radius 2 is 0.790 bits per heavy atom. The van der Waals surface area contributed by atoms with E-state index >= 15 is 0 Å². The van der Waals surface area contributed by atoms with Gasteiger partial charge in [-0.15, -0.1) is 11.3 Å². The third kappa shape index (κ3) is 6.35. The van der Waals surface area contributed by atoms with Crippen LogP contribution in [-0.4, -0.2) is 15.0 Å². The van der Waals surface area contributed by atoms with E-state index < -0.39 is 0 Å². The quantitative estimate of drug-likeness (QED) is 0.161. The largest absolute Gasteiger partial charge is 0.456 e. The molecule has 62 heavy (non-hydrogen) atoms. The summed E-state index contributed by atoms with van der Waals surface area (Å²) in [5.74, 6) is 1.82. The second kappa shape index (κ2) is 14.9. The highest BCUT2D eigenvalue weighted by atomic mass is 32.1. The molecule has 0 amide bonds. The zero-order chi connectivity index (χ0) is 41.0. The van der Waals surface area contributed by atoms with Gasteiger partial charge in [-0.2, -0.15) is 0 Å². The van der Waals surface area contributed by atoms with E-state index in [2.05, 4.69) is 188 Å². The third-order valence-electron chi connectivity index (χ3n) is 11.8. The molecule has 9 aromatic carbocycles. The van der Waals surface area contributed by atoms with Crippen molar-refractivity contribution < 1.29 is 4.42 Å². The van der Waals surface area contributed by atoms with Crippen molar-refractivity contribution in [1.29, 1.82) is 0 Å². The van der Waals surface area contributed by atoms with E-state index in [1.807, 2.05) is 35.6 Å². The molecule has 0 bridgehead atoms. The molecule has 0 atom stereocenters. The molecular weight excluding hydrogens is 775 g/mol. The van der Waals surface area contributed by atoms with Crippen molar-refractivity contribution in [2.24, 2.45) is 0 Å². The lowest BCUT2D eigenvalue weighted by Gasteiger charge is -2.15. The lowest BCUT2D eigenvalue weighted by atomic mass is 9.91. The molecule has 0 aliphatic heterocycles. The Hall–Kier alpha value is -7.99. The summed E-state index contributed by atoms with van der Waals surface area (Å²) in [4.78, 5) is 15.8. The summed E-state index contributed by atoms with van der Waals surface area (Å²) >= 11 is 1.84. The molecule has 0 radical (unpaired) electrons. The van der Waals surface area contributed by atoms with Crippen LogP contribution in [-0.2, 0) is 0 Å². The molecule has 12 rings (SSSR count). The number of furan rings is 1. The molecule has 0 aliphatic carbocycles. The van der Waals surface area contributed by atoms with Gasteiger partial charge >= 0.3 is 0 Å². The van der Waals surface area contributed by atoms with Gasteiger partial charge in [0.1, 0.15) is 11.2 Å². The highest BCUT2D eigenvalue weighted by molar-refractivity contribution is 7.25. The van der Waals surface area contributed by atoms with Gasteiger partial charge in [0, 0.05) is 47.6 Å². The zero-order valence-electron chi connectivity index (χ0n) is 33.4. The van der Waals surface area contributed by atoms with Crippen LogP contribution in [0.15, 0.2) is 217 Å². The van der Waals surface area contributed by atoms with Gasteiger partial charge in [-0.05, 0) is 87.0 Å². The predicted molar refractivity (Wildman–Crippen MR) is 258 cm³/mol. The van der Waals surface area contributed by atoms with Crippen molar-refractivity contribution in [3.05, 3.63) is 212 Å². The van der Waals surface area contributed by atoms with Crippen LogP contribution in [0.2, 0.25) is 0 Å². The molecule has 0 saturated carbocycles. The zero-order valence-corrected chi connectivity index (χ0v) is 34.2. The normalized spacial score (nSPS) is 11.5. The molecule has 5 heteroatoms. The van der Waals surface area contributed by atoms with Gasteiger partial charge in [-0.1, -0.05) is 170 Å². The fourth-order valence-corrected chi connectivity index (χ4v) is 9.83. The number of fused-ring (bicyclic) bond motifs is 6. The van der Waals surface area contributed by atoms with Crippen molar-refractivity contribution in [2.45, 2.75) is 0 Å². The number of hydrogen-bond acceptors (Lipinski definition) is 5. The van der Waals surface area contributed by atoms with E-state index in [9.17, 15) is 0 Å². The Kier molecular flexibility index (Phi) is 8.65. The lowest BCUT2D eigenvalue weighted by molar-refractivity contribution is 0.669. The van der Waals surface area contributed by atoms with Crippen LogP contribution in [0.25, 0.3) is 121 Å². The van der Waals surface area contributed by atoms with E-state index in [-0.39, 0.29) is 0 Å². The molecule has 0 N–H and O–H groups in total. The Morgan fingerprint density at radius 3 is 1.48 bits per heavy atom. The molecule has 3 heterocycles. The lowest BCUT2D eigenvalue weighted by Crippen LogP contribution is -2.01. The molecule has 4 nitrogen and oxygen atoms in total. The molecule has 3 aromatic heterocycles. The van der Waals surface area contributed by atoms with Crippen molar-refractivity contribution in [1.82, 2.24) is 15.0 Å². The Bertz CT molecular complexity index is 3510. The summed E-state index contributed by atoms with van der Waals surface area (Å²) in [6, 6.07) is 74.6. The third-order valence-corrected chi connectivity index (χ3v) is 12.9. The molecular formula is C57H35N3OS. The van der Waals surface area contributed by atoms with E-state index in [1.54, 1.807) is 0 Å². The van der Waals surface area contributed by atoms with Crippen LogP contribution in [0, 0.1) is 0 Å². The Labute approximate surface area is 362 Å². The first-order chi connectivity index (χ1) is 30.7. The average Bonchev–Trinajstić information content (AvgIpc) is 3.93. The van der Waals surface area contributed by atoms with E-state index in [1.165, 1.54) is 25.7 Å². The minimum Gasteiger partial charge on any atom is -0.456 e. The van der Waals surface area contributed by atoms with Crippen LogP contribution in [0.4, 0.5) is 0 Å². The fraction of sp³-hybridized carbons (Fsp3) is 0. The van der Waals surface area contributed by atoms with Crippen LogP contribution in [0.5, 0.6) is 0 Å². The molecule has 0 aliphatic rings. The van der Waals surface area contributed by atoms with Crippen molar-refractivity contribution in [3.63, 3.8) is 0 Å². The molecule has 12 aromatic rings. The maximum atomic E-state index is 6.30. The summed E-state index contributed by atoms with van der Waals surface area (Å²) in [7, 11) is 0. The van der Waals surface area contributed by atoms with Gasteiger partial charge in [0.15, 0.2) is 17.5 Å². The summed E-state index contributed by atoms with van der Waals surface area (Å²) < 4.78 is 8.85. The highest BCUT2D eigenvalue weighted by Crippen LogP contribution is 2.43. The fourth-order valence-electron chi connectivity index (χ4n) is 8.69. The van der Waals surface area contributed by atoms with E-state index in [4.69, 9.17) is 19.4 Å². The van der Waals surface area contributed by atoms with Crippen molar-refractivity contribution >= 4 is 53.4 Å². The Morgan fingerprint density at radius 1 is 0.290 bits per heavy atom. The smallest absolute Gasteiger partial charge is 0.164 e. The van der Waals surface area contributed by atoms with Crippen molar-refractivity contribution in [2.75, 3.05) is 0 Å². The Balaban J connectivity index is 1.07. The summed E-state index contributed by atoms with van der Waals surface area (Å²) in [6.07, 6.45) is 0. The maximum absolute atomic E-state index is 6.30. The summed E-state index contributed by atoms with van der Waals surface area (Å²) in [5.41, 5.74) is 13.4. The van der Waals surface area contributed by atoms with Gasteiger partial charge < -0.3 is 4.42 Å². The molecule has 0 saturated heterocycles. The van der Waals surface area contributed by atoms with Crippen LogP contribution in [0.3, 0.4) is 0 Å². The first-order valence-electron chi connectivity index (χ1n) is 20.7. The van der Waals surface area contributed by atoms with Gasteiger partial charge in [0.05, 0.1) is 0 Å². The topological polar surface area (TPSA) is 51.8 Å². The number of rotatable bonds is 7. The SMILES string of the molecule is c1ccc(-c2ccc(-c3nc(-c4ccc(-c5ccccc5)cc4)nc(-c4ccc(-c5cccc6sc7ccccc7c56)cc4-c4ccc5oc6ccccc6c5c4)n3)cc2)cc1. The molecule has 0 fully saturated rings. The first kappa shape index (κ1) is 35.9. The highest BCUT2D eigenvalue weighted by Gasteiger charge is 2.20. The first-order valence-corrected chi connectivity index (χ1v) is 21.6. The number of thiophene rings is 1. The van der Waals surface area contributed by atoms with Gasteiger partial charge in [-0.3, -0.25) is 0 Å². The van der Waals surface area contributed by atoms with Gasteiger partial charge in [-0.25, -0.2) is 15.0 Å². The number of nitrogens with zero attached hydrogens (tertiary/aromatic N) is 3. The van der Waals surface area contributed by atoms with Crippen LogP contribution < -0.4 is 0 Å². The maximum Gasteiger partial charge on any atom is 0.164 e. The van der Waals surface area contributed by atoms with Gasteiger partial charge in [0.2, 0.25) is 0 Å². The van der Waals surface area contributed by atoms with E-state index in [0.717, 1.165) is 77.6 Å². The van der Waals surface area contributed by atoms with Crippen molar-refractivity contribution in [3.8, 4) is 78.7 Å². The molecule has 0 unspecified atom stereocenters. The summed E-state index contributed by atoms with van der Waals surface area (Å²) in [5, 5.41) is 4.68. The molecule has 0 spiro atoms. The summed E-state index contributed by atoms with van der Waals surface area (Å²) in [6.45, 7) is 0. The number of hydrogen-bond donors (Lipinski definition) is 0. The molecule has 290 valence electrons. The average molecular weight is 810 g/mol. The van der Waals surface area contributed by atoms with Crippen LogP contribution >= 0.6 is 11.3 Å².